The van der Waals surface area contributed by atoms with Gasteiger partial charge in [0.2, 0.25) is 11.8 Å². The van der Waals surface area contributed by atoms with Crippen LogP contribution in [0.1, 0.15) is 12.5 Å². The molecule has 8 nitrogen and oxygen atoms in total. The topological polar surface area (TPSA) is 105 Å². The standard InChI is InChI=1S/C19H22N4O4/c1-13-7-9-15(10-8-13)21-18(24)12-22(3)19(25)14(2)20-16-5-4-6-17(11-16)23(26)27/h4-11,14,20H,12H2,1-3H3,(H,21,24)/t14-/m0/s1. The first kappa shape index (κ1) is 19.9. The van der Waals surface area contributed by atoms with Gasteiger partial charge in [-0.25, -0.2) is 0 Å². The molecule has 2 N–H and O–H groups in total. The average Bonchev–Trinajstić information content (AvgIpc) is 2.63. The molecule has 0 saturated heterocycles. The lowest BCUT2D eigenvalue weighted by Crippen LogP contribution is -2.42. The third-order valence-electron chi connectivity index (χ3n) is 3.90. The van der Waals surface area contributed by atoms with Gasteiger partial charge < -0.3 is 15.5 Å². The maximum absolute atomic E-state index is 12.4. The monoisotopic (exact) mass is 370 g/mol. The number of aryl methyl sites for hydroxylation is 1. The van der Waals surface area contributed by atoms with Crippen molar-refractivity contribution in [3.63, 3.8) is 0 Å². The maximum atomic E-state index is 12.4. The smallest absolute Gasteiger partial charge is 0.271 e. The summed E-state index contributed by atoms with van der Waals surface area (Å²) in [4.78, 5) is 36.2. The summed E-state index contributed by atoms with van der Waals surface area (Å²) < 4.78 is 0. The Balaban J connectivity index is 1.91. The first-order chi connectivity index (χ1) is 12.8. The van der Waals surface area contributed by atoms with Crippen LogP contribution in [0.2, 0.25) is 0 Å². The van der Waals surface area contributed by atoms with Gasteiger partial charge >= 0.3 is 0 Å². The van der Waals surface area contributed by atoms with Gasteiger partial charge in [0.05, 0.1) is 11.5 Å². The van der Waals surface area contributed by atoms with Crippen molar-refractivity contribution in [3.05, 3.63) is 64.2 Å². The molecule has 2 rings (SSSR count). The SMILES string of the molecule is Cc1ccc(NC(=O)CN(C)C(=O)[C@H](C)Nc2cccc([N+](=O)[O-])c2)cc1. The van der Waals surface area contributed by atoms with E-state index in [1.807, 2.05) is 19.1 Å². The van der Waals surface area contributed by atoms with Crippen molar-refractivity contribution in [2.45, 2.75) is 19.9 Å². The van der Waals surface area contributed by atoms with E-state index in [2.05, 4.69) is 10.6 Å². The zero-order chi connectivity index (χ0) is 20.0. The number of carbonyl (C=O) groups excluding carboxylic acids is 2. The van der Waals surface area contributed by atoms with Crippen molar-refractivity contribution in [1.82, 2.24) is 4.90 Å². The number of nitro benzene ring substituents is 1. The minimum Gasteiger partial charge on any atom is -0.374 e. The predicted octanol–water partition coefficient (Wildman–Crippen LogP) is 2.80. The Kier molecular flexibility index (Phi) is 6.48. The number of benzene rings is 2. The van der Waals surface area contributed by atoms with Gasteiger partial charge in [-0.2, -0.15) is 0 Å². The summed E-state index contributed by atoms with van der Waals surface area (Å²) in [6.07, 6.45) is 0. The molecule has 0 aliphatic heterocycles. The number of likely N-dealkylation sites (N-methyl/N-ethyl adjacent to an activating group) is 1. The van der Waals surface area contributed by atoms with Crippen LogP contribution in [0.15, 0.2) is 48.5 Å². The molecule has 27 heavy (non-hydrogen) atoms. The summed E-state index contributed by atoms with van der Waals surface area (Å²) in [6, 6.07) is 12.6. The molecule has 8 heteroatoms. The molecule has 2 aromatic rings. The Labute approximate surface area is 157 Å². The largest absolute Gasteiger partial charge is 0.374 e. The Hall–Kier alpha value is -3.42. The summed E-state index contributed by atoms with van der Waals surface area (Å²) in [7, 11) is 1.53. The Bertz CT molecular complexity index is 836. The fourth-order valence-corrected chi connectivity index (χ4v) is 2.48. The molecule has 2 amide bonds. The number of nitro groups is 1. The number of carbonyl (C=O) groups is 2. The van der Waals surface area contributed by atoms with Crippen molar-refractivity contribution in [2.24, 2.45) is 0 Å². The highest BCUT2D eigenvalue weighted by molar-refractivity contribution is 5.95. The van der Waals surface area contributed by atoms with Crippen molar-refractivity contribution in [3.8, 4) is 0 Å². The lowest BCUT2D eigenvalue weighted by Gasteiger charge is -2.22. The molecule has 2 aromatic carbocycles. The van der Waals surface area contributed by atoms with E-state index in [0.717, 1.165) is 5.56 Å². The first-order valence-corrected chi connectivity index (χ1v) is 8.39. The minimum atomic E-state index is -0.649. The second kappa shape index (κ2) is 8.79. The fourth-order valence-electron chi connectivity index (χ4n) is 2.48. The molecule has 0 aromatic heterocycles. The zero-order valence-electron chi connectivity index (χ0n) is 15.4. The van der Waals surface area contributed by atoms with E-state index in [1.165, 1.54) is 30.1 Å². The van der Waals surface area contributed by atoms with Gasteiger partial charge in [-0.3, -0.25) is 19.7 Å². The number of nitrogens with zero attached hydrogens (tertiary/aromatic N) is 2. The van der Waals surface area contributed by atoms with Crippen LogP contribution >= 0.6 is 0 Å². The molecule has 1 atom stereocenters. The number of hydrogen-bond donors (Lipinski definition) is 2. The van der Waals surface area contributed by atoms with Crippen LogP contribution in [0.5, 0.6) is 0 Å². The summed E-state index contributed by atoms with van der Waals surface area (Å²) >= 11 is 0. The van der Waals surface area contributed by atoms with Gasteiger partial charge in [-0.1, -0.05) is 23.8 Å². The van der Waals surface area contributed by atoms with Crippen molar-refractivity contribution < 1.29 is 14.5 Å². The number of nitrogens with one attached hydrogen (secondary N) is 2. The van der Waals surface area contributed by atoms with E-state index in [9.17, 15) is 19.7 Å². The van der Waals surface area contributed by atoms with Crippen molar-refractivity contribution in [1.29, 1.82) is 0 Å². The van der Waals surface area contributed by atoms with Gasteiger partial charge in [0, 0.05) is 30.6 Å². The number of rotatable bonds is 7. The third-order valence-corrected chi connectivity index (χ3v) is 3.90. The highest BCUT2D eigenvalue weighted by atomic mass is 16.6. The Morgan fingerprint density at radius 1 is 1.15 bits per heavy atom. The third kappa shape index (κ3) is 5.81. The fraction of sp³-hybridized carbons (Fsp3) is 0.263. The highest BCUT2D eigenvalue weighted by Gasteiger charge is 2.20. The number of non-ortho nitro benzene ring substituents is 1. The molecule has 0 aliphatic rings. The molecular weight excluding hydrogens is 348 g/mol. The molecule has 0 unspecified atom stereocenters. The number of hydrogen-bond acceptors (Lipinski definition) is 5. The quantitative estimate of drug-likeness (QED) is 0.576. The van der Waals surface area contributed by atoms with Crippen LogP contribution < -0.4 is 10.6 Å². The first-order valence-electron chi connectivity index (χ1n) is 8.39. The Morgan fingerprint density at radius 3 is 2.44 bits per heavy atom. The van der Waals surface area contributed by atoms with Crippen LogP contribution in [0, 0.1) is 17.0 Å². The zero-order valence-corrected chi connectivity index (χ0v) is 15.4. The summed E-state index contributed by atoms with van der Waals surface area (Å²) in [6.45, 7) is 3.48. The van der Waals surface area contributed by atoms with E-state index in [-0.39, 0.29) is 24.0 Å². The molecule has 0 saturated carbocycles. The van der Waals surface area contributed by atoms with E-state index >= 15 is 0 Å². The molecule has 0 bridgehead atoms. The number of amides is 2. The summed E-state index contributed by atoms with van der Waals surface area (Å²) in [5.74, 6) is -0.613. The van der Waals surface area contributed by atoms with Crippen molar-refractivity contribution in [2.75, 3.05) is 24.2 Å². The molecule has 0 aliphatic carbocycles. The number of anilines is 2. The molecule has 0 radical (unpaired) electrons. The Morgan fingerprint density at radius 2 is 1.81 bits per heavy atom. The van der Waals surface area contributed by atoms with Gasteiger partial charge in [0.15, 0.2) is 0 Å². The molecule has 0 fully saturated rings. The van der Waals surface area contributed by atoms with E-state index in [0.29, 0.717) is 11.4 Å². The molecular formula is C19H22N4O4. The predicted molar refractivity (Wildman–Crippen MR) is 104 cm³/mol. The van der Waals surface area contributed by atoms with Crippen LogP contribution in [0.4, 0.5) is 17.1 Å². The van der Waals surface area contributed by atoms with Gasteiger partial charge in [-0.05, 0) is 32.0 Å². The summed E-state index contributed by atoms with van der Waals surface area (Å²) in [5.41, 5.74) is 2.14. The second-order valence-electron chi connectivity index (χ2n) is 6.28. The van der Waals surface area contributed by atoms with Gasteiger partial charge in [0.25, 0.3) is 5.69 Å². The highest BCUT2D eigenvalue weighted by Crippen LogP contribution is 2.18. The van der Waals surface area contributed by atoms with Crippen LogP contribution in [0.3, 0.4) is 0 Å². The lowest BCUT2D eigenvalue weighted by molar-refractivity contribution is -0.384. The van der Waals surface area contributed by atoms with Crippen LogP contribution in [-0.4, -0.2) is 41.3 Å². The lowest BCUT2D eigenvalue weighted by atomic mass is 10.2. The molecule has 142 valence electrons. The summed E-state index contributed by atoms with van der Waals surface area (Å²) in [5, 5.41) is 16.5. The van der Waals surface area contributed by atoms with Gasteiger partial charge in [0.1, 0.15) is 6.04 Å². The second-order valence-corrected chi connectivity index (χ2v) is 6.28. The average molecular weight is 370 g/mol. The molecule has 0 heterocycles. The van der Waals surface area contributed by atoms with Crippen LogP contribution in [-0.2, 0) is 9.59 Å². The maximum Gasteiger partial charge on any atom is 0.271 e. The van der Waals surface area contributed by atoms with E-state index in [1.54, 1.807) is 25.1 Å². The minimum absolute atomic E-state index is 0.0644. The van der Waals surface area contributed by atoms with E-state index in [4.69, 9.17) is 0 Å². The van der Waals surface area contributed by atoms with Crippen LogP contribution in [0.25, 0.3) is 0 Å². The molecule has 0 spiro atoms. The van der Waals surface area contributed by atoms with Gasteiger partial charge in [-0.15, -0.1) is 0 Å². The van der Waals surface area contributed by atoms with Crippen molar-refractivity contribution >= 4 is 28.9 Å². The normalized spacial score (nSPS) is 11.4. The van der Waals surface area contributed by atoms with E-state index < -0.39 is 11.0 Å².